The van der Waals surface area contributed by atoms with Crippen molar-refractivity contribution in [3.63, 3.8) is 0 Å². The predicted octanol–water partition coefficient (Wildman–Crippen LogP) is 2.55. The third-order valence-corrected chi connectivity index (χ3v) is 2.62. The summed E-state index contributed by atoms with van der Waals surface area (Å²) in [6, 6.07) is 5.55. The van der Waals surface area contributed by atoms with Gasteiger partial charge in [0.15, 0.2) is 0 Å². The number of nitrogens with zero attached hydrogens (tertiary/aromatic N) is 2. The summed E-state index contributed by atoms with van der Waals surface area (Å²) in [5.41, 5.74) is 1.04. The van der Waals surface area contributed by atoms with Crippen molar-refractivity contribution in [3.8, 4) is 6.07 Å². The van der Waals surface area contributed by atoms with Crippen molar-refractivity contribution < 1.29 is 0 Å². The van der Waals surface area contributed by atoms with Gasteiger partial charge in [0, 0.05) is 6.20 Å². The number of rotatable bonds is 0. The highest BCUT2D eigenvalue weighted by Gasteiger charge is 2.24. The first kappa shape index (κ1) is 9.32. The quantitative estimate of drug-likeness (QED) is 0.546. The van der Waals surface area contributed by atoms with Crippen LogP contribution >= 0.6 is 23.2 Å². The number of pyridine rings is 1. The monoisotopic (exact) mass is 225 g/mol. The van der Waals surface area contributed by atoms with Crippen molar-refractivity contribution in [2.75, 3.05) is 5.32 Å². The maximum Gasteiger partial charge on any atom is 0.139 e. The maximum absolute atomic E-state index is 8.81. The zero-order valence-electron chi connectivity index (χ0n) is 6.96. The Kier molecular flexibility index (Phi) is 2.32. The minimum atomic E-state index is -0.579. The molecule has 0 amide bonds. The highest BCUT2D eigenvalue weighted by molar-refractivity contribution is 6.51. The lowest BCUT2D eigenvalue weighted by Crippen LogP contribution is -2.20. The Morgan fingerprint density at radius 3 is 3.07 bits per heavy atom. The molecule has 1 aliphatic rings. The molecule has 0 saturated heterocycles. The molecule has 1 atom stereocenters. The molecule has 1 aromatic heterocycles. The number of hydrogen-bond acceptors (Lipinski definition) is 3. The van der Waals surface area contributed by atoms with Crippen LogP contribution in [0.1, 0.15) is 5.69 Å². The average Bonchev–Trinajstić information content (AvgIpc) is 2.18. The van der Waals surface area contributed by atoms with E-state index in [9.17, 15) is 0 Å². The van der Waals surface area contributed by atoms with E-state index in [1.54, 1.807) is 12.3 Å². The topological polar surface area (TPSA) is 48.7 Å². The Labute approximate surface area is 91.0 Å². The molecule has 0 bridgehead atoms. The average molecular weight is 226 g/mol. The van der Waals surface area contributed by atoms with Crippen molar-refractivity contribution in [3.05, 3.63) is 29.6 Å². The van der Waals surface area contributed by atoms with Crippen LogP contribution in [-0.4, -0.2) is 10.5 Å². The molecule has 2 rings (SSSR count). The van der Waals surface area contributed by atoms with Gasteiger partial charge in [-0.3, -0.25) is 4.98 Å². The normalized spacial score (nSPS) is 19.6. The number of alkyl halides is 1. The summed E-state index contributed by atoms with van der Waals surface area (Å²) in [6.07, 6.45) is 1.62. The van der Waals surface area contributed by atoms with Crippen LogP contribution in [0.2, 0.25) is 0 Å². The number of nitrogens with one attached hydrogen (secondary N) is 1. The Balaban J connectivity index is 2.63. The molecule has 0 fully saturated rings. The van der Waals surface area contributed by atoms with Crippen LogP contribution in [0.5, 0.6) is 0 Å². The Bertz CT molecular complexity index is 448. The van der Waals surface area contributed by atoms with Crippen LogP contribution in [0.3, 0.4) is 0 Å². The van der Waals surface area contributed by atoms with Crippen LogP contribution in [0.4, 0.5) is 5.69 Å². The molecule has 70 valence electrons. The first-order chi connectivity index (χ1) is 6.74. The van der Waals surface area contributed by atoms with Crippen LogP contribution in [0.25, 0.3) is 5.03 Å². The fraction of sp³-hybridized carbons (Fsp3) is 0.111. The lowest BCUT2D eigenvalue weighted by Gasteiger charge is -2.21. The van der Waals surface area contributed by atoms with Crippen LogP contribution < -0.4 is 5.32 Å². The molecule has 1 unspecified atom stereocenters. The predicted molar refractivity (Wildman–Crippen MR) is 55.9 cm³/mol. The molecule has 0 saturated carbocycles. The van der Waals surface area contributed by atoms with Crippen molar-refractivity contribution in [1.29, 1.82) is 5.26 Å². The Morgan fingerprint density at radius 2 is 2.36 bits per heavy atom. The molecule has 3 nitrogen and oxygen atoms in total. The molecule has 0 aromatic carbocycles. The largest absolute Gasteiger partial charge is 0.363 e. The smallest absolute Gasteiger partial charge is 0.139 e. The van der Waals surface area contributed by atoms with Gasteiger partial charge in [-0.05, 0) is 12.1 Å². The molecule has 1 aliphatic heterocycles. The van der Waals surface area contributed by atoms with E-state index in [1.807, 2.05) is 12.1 Å². The number of hydrogen-bond donors (Lipinski definition) is 1. The van der Waals surface area contributed by atoms with Gasteiger partial charge < -0.3 is 5.32 Å². The lowest BCUT2D eigenvalue weighted by molar-refractivity contribution is 1.12. The molecule has 0 aliphatic carbocycles. The SMILES string of the molecule is N#CC1=C(Cl)c2ncccc2NC1Cl. The van der Waals surface area contributed by atoms with Crippen molar-refractivity contribution in [2.24, 2.45) is 0 Å². The fourth-order valence-electron chi connectivity index (χ4n) is 1.25. The van der Waals surface area contributed by atoms with Gasteiger partial charge in [-0.15, -0.1) is 0 Å². The molecule has 1 aromatic rings. The van der Waals surface area contributed by atoms with E-state index in [1.165, 1.54) is 0 Å². The summed E-state index contributed by atoms with van der Waals surface area (Å²) in [4.78, 5) is 4.07. The van der Waals surface area contributed by atoms with Gasteiger partial charge in [-0.25, -0.2) is 0 Å². The van der Waals surface area contributed by atoms with Gasteiger partial charge in [0.1, 0.15) is 11.2 Å². The van der Waals surface area contributed by atoms with Gasteiger partial charge in [0.2, 0.25) is 0 Å². The van der Waals surface area contributed by atoms with E-state index in [0.29, 0.717) is 16.3 Å². The third kappa shape index (κ3) is 1.33. The van der Waals surface area contributed by atoms with Crippen LogP contribution in [0.15, 0.2) is 23.9 Å². The summed E-state index contributed by atoms with van der Waals surface area (Å²) in [5.74, 6) is 0. The summed E-state index contributed by atoms with van der Waals surface area (Å²) in [5, 5.41) is 12.1. The van der Waals surface area contributed by atoms with Crippen molar-refractivity contribution in [1.82, 2.24) is 4.98 Å². The minimum Gasteiger partial charge on any atom is -0.363 e. The first-order valence-corrected chi connectivity index (χ1v) is 4.71. The highest BCUT2D eigenvalue weighted by atomic mass is 35.5. The van der Waals surface area contributed by atoms with Crippen molar-refractivity contribution >= 4 is 33.9 Å². The maximum atomic E-state index is 8.81. The number of fused-ring (bicyclic) bond motifs is 1. The molecule has 2 heterocycles. The van der Waals surface area contributed by atoms with E-state index >= 15 is 0 Å². The molecule has 1 N–H and O–H groups in total. The van der Waals surface area contributed by atoms with Gasteiger partial charge in [0.05, 0.1) is 22.4 Å². The summed E-state index contributed by atoms with van der Waals surface area (Å²) in [6.45, 7) is 0. The van der Waals surface area contributed by atoms with E-state index in [0.717, 1.165) is 5.69 Å². The van der Waals surface area contributed by atoms with Gasteiger partial charge >= 0.3 is 0 Å². The third-order valence-electron chi connectivity index (χ3n) is 1.91. The molecule has 0 spiro atoms. The van der Waals surface area contributed by atoms with Gasteiger partial charge in [-0.2, -0.15) is 5.26 Å². The second-order valence-electron chi connectivity index (χ2n) is 2.75. The molecular weight excluding hydrogens is 221 g/mol. The number of nitriles is 1. The second-order valence-corrected chi connectivity index (χ2v) is 3.56. The van der Waals surface area contributed by atoms with E-state index in [-0.39, 0.29) is 0 Å². The van der Waals surface area contributed by atoms with Crippen molar-refractivity contribution in [2.45, 2.75) is 5.50 Å². The van der Waals surface area contributed by atoms with E-state index < -0.39 is 5.50 Å². The zero-order valence-corrected chi connectivity index (χ0v) is 8.47. The Morgan fingerprint density at radius 1 is 1.57 bits per heavy atom. The standard InChI is InChI=1S/C9H5Cl2N3/c10-7-5(4-12)9(11)14-6-2-1-3-13-8(6)7/h1-3,9,14H. The van der Waals surface area contributed by atoms with Crippen LogP contribution in [-0.2, 0) is 0 Å². The number of halogens is 2. The second kappa shape index (κ2) is 3.49. The van der Waals surface area contributed by atoms with E-state index in [2.05, 4.69) is 10.3 Å². The molecule has 0 radical (unpaired) electrons. The fourth-order valence-corrected chi connectivity index (χ4v) is 1.88. The van der Waals surface area contributed by atoms with Gasteiger partial charge in [-0.1, -0.05) is 23.2 Å². The highest BCUT2D eigenvalue weighted by Crippen LogP contribution is 2.35. The molecular formula is C9H5Cl2N3. The van der Waals surface area contributed by atoms with E-state index in [4.69, 9.17) is 28.5 Å². The molecule has 5 heteroatoms. The number of aromatic nitrogens is 1. The number of anilines is 1. The first-order valence-electron chi connectivity index (χ1n) is 3.90. The van der Waals surface area contributed by atoms with Crippen LogP contribution in [0, 0.1) is 11.3 Å². The zero-order chi connectivity index (χ0) is 10.1. The summed E-state index contributed by atoms with van der Waals surface area (Å²) < 4.78 is 0. The van der Waals surface area contributed by atoms with Gasteiger partial charge in [0.25, 0.3) is 0 Å². The molecule has 14 heavy (non-hydrogen) atoms. The Hall–Kier alpha value is -1.24. The summed E-state index contributed by atoms with van der Waals surface area (Å²) >= 11 is 11.9. The summed E-state index contributed by atoms with van der Waals surface area (Å²) in [7, 11) is 0. The lowest BCUT2D eigenvalue weighted by atomic mass is 10.1. The minimum absolute atomic E-state index is 0.305.